The number of methoxy groups -OCH3 is 1. The van der Waals surface area contributed by atoms with Gasteiger partial charge in [-0.25, -0.2) is 12.7 Å². The summed E-state index contributed by atoms with van der Waals surface area (Å²) in [6.45, 7) is 1.31. The van der Waals surface area contributed by atoms with Gasteiger partial charge < -0.3 is 19.7 Å². The molecule has 0 fully saturated rings. The van der Waals surface area contributed by atoms with Crippen LogP contribution in [0.4, 0.5) is 18.9 Å². The molecule has 2 atom stereocenters. The van der Waals surface area contributed by atoms with Crippen molar-refractivity contribution in [1.82, 2.24) is 10.2 Å². The number of fused-ring (bicyclic) bond motifs is 1. The molecule has 0 radical (unpaired) electrons. The second-order valence-electron chi connectivity index (χ2n) is 9.88. The van der Waals surface area contributed by atoms with Gasteiger partial charge in [0.1, 0.15) is 16.9 Å². The first kappa shape index (κ1) is 31.3. The highest BCUT2D eigenvalue weighted by molar-refractivity contribution is 7.93. The molecule has 3 aromatic rings. The number of hydrogen-bond donors (Lipinski definition) is 1. The van der Waals surface area contributed by atoms with Crippen molar-refractivity contribution in [3.8, 4) is 17.6 Å². The molecule has 1 heterocycles. The highest BCUT2D eigenvalue weighted by Crippen LogP contribution is 2.50. The van der Waals surface area contributed by atoms with E-state index in [0.29, 0.717) is 4.31 Å². The zero-order valence-electron chi connectivity index (χ0n) is 23.5. The number of carbonyl (C=O) groups is 2. The fourth-order valence-electron chi connectivity index (χ4n) is 4.98. The molecule has 0 aromatic heterocycles. The number of hydrogen-bond acceptors (Lipinski definition) is 8. The first-order chi connectivity index (χ1) is 20.2. The molecule has 0 spiro atoms. The van der Waals surface area contributed by atoms with Crippen LogP contribution in [-0.4, -0.2) is 65.3 Å². The molecule has 0 bridgehead atoms. The number of nitriles is 1. The number of rotatable bonds is 9. The molecule has 0 saturated carbocycles. The monoisotopic (exact) mass is 616 g/mol. The molecule has 1 N–H and O–H groups in total. The Labute approximate surface area is 246 Å². The number of benzene rings is 3. The van der Waals surface area contributed by atoms with E-state index in [1.165, 1.54) is 30.2 Å². The zero-order chi connectivity index (χ0) is 31.7. The van der Waals surface area contributed by atoms with Crippen molar-refractivity contribution in [3.63, 3.8) is 0 Å². The Kier molecular flexibility index (Phi) is 8.44. The molecular formula is C29H27F3N4O6S. The average molecular weight is 617 g/mol. The lowest BCUT2D eigenvalue weighted by molar-refractivity contribution is -0.274. The summed E-state index contributed by atoms with van der Waals surface area (Å²) in [5, 5.41) is 12.7. The number of likely N-dealkylation sites (N-methyl/N-ethyl adjacent to an activating group) is 1. The van der Waals surface area contributed by atoms with Crippen molar-refractivity contribution in [3.05, 3.63) is 83.4 Å². The van der Waals surface area contributed by atoms with E-state index in [1.54, 1.807) is 45.3 Å². The van der Waals surface area contributed by atoms with Crippen molar-refractivity contribution in [2.24, 2.45) is 0 Å². The lowest BCUT2D eigenvalue weighted by Gasteiger charge is -2.32. The van der Waals surface area contributed by atoms with Gasteiger partial charge in [-0.1, -0.05) is 18.2 Å². The van der Waals surface area contributed by atoms with Gasteiger partial charge >= 0.3 is 6.36 Å². The van der Waals surface area contributed by atoms with Crippen LogP contribution in [0.2, 0.25) is 0 Å². The topological polar surface area (TPSA) is 129 Å². The number of para-hydroxylation sites is 1. The standard InChI is InChI=1S/C29H27F3N4O6S/c1-18(26(37)35(2)3)34-17-28(22-7-5-6-8-25(22)41-4)23-15-19(16-33)9-14-24(23)36(27(28)38)43(39,40)21-12-10-20(11-13-21)42-29(30,31)32/h5-15,18,34H,17H2,1-4H3. The normalized spacial score (nSPS) is 17.2. The molecule has 4 rings (SSSR count). The molecule has 43 heavy (non-hydrogen) atoms. The van der Waals surface area contributed by atoms with Gasteiger partial charge in [-0.05, 0) is 61.0 Å². The largest absolute Gasteiger partial charge is 0.573 e. The molecular weight excluding hydrogens is 589 g/mol. The van der Waals surface area contributed by atoms with Gasteiger partial charge in [0, 0.05) is 26.2 Å². The summed E-state index contributed by atoms with van der Waals surface area (Å²) >= 11 is 0. The first-order valence-electron chi connectivity index (χ1n) is 12.8. The van der Waals surface area contributed by atoms with Crippen LogP contribution >= 0.6 is 0 Å². The maximum Gasteiger partial charge on any atom is 0.573 e. The summed E-state index contributed by atoms with van der Waals surface area (Å²) in [6.07, 6.45) is -4.99. The van der Waals surface area contributed by atoms with E-state index in [4.69, 9.17) is 4.74 Å². The minimum atomic E-state index is -4.99. The second kappa shape index (κ2) is 11.6. The summed E-state index contributed by atoms with van der Waals surface area (Å²) in [5.74, 6) is -1.66. The minimum Gasteiger partial charge on any atom is -0.496 e. The number of carbonyl (C=O) groups excluding carboxylic acids is 2. The third-order valence-electron chi connectivity index (χ3n) is 7.00. The number of sulfonamides is 1. The van der Waals surface area contributed by atoms with Crippen LogP contribution in [0.3, 0.4) is 0 Å². The number of nitrogens with zero attached hydrogens (tertiary/aromatic N) is 3. The second-order valence-corrected chi connectivity index (χ2v) is 11.7. The Balaban J connectivity index is 1.94. The fraction of sp³-hybridized carbons (Fsp3) is 0.276. The number of alkyl halides is 3. The van der Waals surface area contributed by atoms with Crippen LogP contribution in [0.15, 0.2) is 71.6 Å². The Morgan fingerprint density at radius 2 is 1.74 bits per heavy atom. The van der Waals surface area contributed by atoms with Gasteiger partial charge in [0.2, 0.25) is 5.91 Å². The van der Waals surface area contributed by atoms with E-state index >= 15 is 0 Å². The minimum absolute atomic E-state index is 0.0705. The SMILES string of the molecule is COc1ccccc1C1(CNC(C)C(=O)N(C)C)C(=O)N(S(=O)(=O)c2ccc(OC(F)(F)F)cc2)c2ccc(C#N)cc21. The van der Waals surface area contributed by atoms with Gasteiger partial charge in [-0.3, -0.25) is 9.59 Å². The van der Waals surface area contributed by atoms with Gasteiger partial charge in [-0.15, -0.1) is 13.2 Å². The molecule has 1 aliphatic heterocycles. The zero-order valence-corrected chi connectivity index (χ0v) is 24.3. The molecule has 226 valence electrons. The third kappa shape index (κ3) is 5.73. The van der Waals surface area contributed by atoms with Crippen LogP contribution in [0, 0.1) is 11.3 Å². The van der Waals surface area contributed by atoms with E-state index in [0.717, 1.165) is 24.3 Å². The summed E-state index contributed by atoms with van der Waals surface area (Å²) in [4.78, 5) is 28.2. The molecule has 3 aromatic carbocycles. The van der Waals surface area contributed by atoms with Crippen LogP contribution in [0.1, 0.15) is 23.6 Å². The van der Waals surface area contributed by atoms with Crippen LogP contribution in [-0.2, 0) is 25.0 Å². The number of amides is 2. The van der Waals surface area contributed by atoms with Crippen molar-refractivity contribution >= 4 is 27.5 Å². The Morgan fingerprint density at radius 3 is 2.33 bits per heavy atom. The van der Waals surface area contributed by atoms with Gasteiger partial charge in [0.15, 0.2) is 0 Å². The molecule has 1 aliphatic rings. The fourth-order valence-corrected chi connectivity index (χ4v) is 6.47. The van der Waals surface area contributed by atoms with E-state index in [2.05, 4.69) is 10.1 Å². The number of nitrogens with one attached hydrogen (secondary N) is 1. The number of anilines is 1. The lowest BCUT2D eigenvalue weighted by atomic mass is 9.74. The van der Waals surface area contributed by atoms with E-state index in [9.17, 15) is 36.4 Å². The number of halogens is 3. The van der Waals surface area contributed by atoms with Crippen LogP contribution in [0.5, 0.6) is 11.5 Å². The predicted octanol–water partition coefficient (Wildman–Crippen LogP) is 3.55. The Morgan fingerprint density at radius 1 is 1.09 bits per heavy atom. The van der Waals surface area contributed by atoms with Crippen molar-refractivity contribution in [2.45, 2.75) is 29.6 Å². The van der Waals surface area contributed by atoms with Crippen molar-refractivity contribution < 1.29 is 40.7 Å². The van der Waals surface area contributed by atoms with Crippen LogP contribution < -0.4 is 19.1 Å². The highest BCUT2D eigenvalue weighted by atomic mass is 32.2. The van der Waals surface area contributed by atoms with Gasteiger partial charge in [0.25, 0.3) is 15.9 Å². The lowest BCUT2D eigenvalue weighted by Crippen LogP contribution is -2.53. The average Bonchev–Trinajstić information content (AvgIpc) is 3.22. The van der Waals surface area contributed by atoms with Crippen molar-refractivity contribution in [2.75, 3.05) is 32.1 Å². The van der Waals surface area contributed by atoms with E-state index < -0.39 is 44.4 Å². The Hall–Kier alpha value is -4.61. The molecule has 0 saturated heterocycles. The third-order valence-corrected chi connectivity index (χ3v) is 8.71. The quantitative estimate of drug-likeness (QED) is 0.387. The predicted molar refractivity (Wildman–Crippen MR) is 149 cm³/mol. The molecule has 2 amide bonds. The van der Waals surface area contributed by atoms with E-state index in [-0.39, 0.29) is 40.6 Å². The van der Waals surface area contributed by atoms with Crippen LogP contribution in [0.25, 0.3) is 0 Å². The summed E-state index contributed by atoms with van der Waals surface area (Å²) < 4.78 is 76.1. The van der Waals surface area contributed by atoms with Gasteiger partial charge in [0.05, 0.1) is 35.4 Å². The first-order valence-corrected chi connectivity index (χ1v) is 14.2. The Bertz CT molecular complexity index is 1700. The molecule has 0 aliphatic carbocycles. The number of ether oxygens (including phenoxy) is 2. The summed E-state index contributed by atoms with van der Waals surface area (Å²) in [5.41, 5.74) is -1.33. The van der Waals surface area contributed by atoms with E-state index in [1.807, 2.05) is 6.07 Å². The highest BCUT2D eigenvalue weighted by Gasteiger charge is 2.57. The molecule has 14 heteroatoms. The van der Waals surface area contributed by atoms with Gasteiger partial charge in [-0.2, -0.15) is 5.26 Å². The summed E-state index contributed by atoms with van der Waals surface area (Å²) in [7, 11) is -0.229. The molecule has 10 nitrogen and oxygen atoms in total. The maximum atomic E-state index is 14.6. The van der Waals surface area contributed by atoms with Crippen molar-refractivity contribution in [1.29, 1.82) is 5.26 Å². The molecule has 2 unspecified atom stereocenters. The summed E-state index contributed by atoms with van der Waals surface area (Å²) in [6, 6.07) is 15.2. The maximum absolute atomic E-state index is 14.6. The smallest absolute Gasteiger partial charge is 0.496 e.